The third kappa shape index (κ3) is 3.20. The zero-order valence-electron chi connectivity index (χ0n) is 13.1. The number of carbonyl (C=O) groups excluding carboxylic acids is 1. The Bertz CT molecular complexity index is 437. The first-order valence-corrected chi connectivity index (χ1v) is 6.75. The van der Waals surface area contributed by atoms with Crippen LogP contribution >= 0.6 is 0 Å². The predicted octanol–water partition coefficient (Wildman–Crippen LogP) is 1.83. The molecule has 1 fully saturated rings. The first-order chi connectivity index (χ1) is 9.06. The van der Waals surface area contributed by atoms with Gasteiger partial charge in [0.1, 0.15) is 0 Å². The number of carbonyl (C=O) groups is 2. The van der Waals surface area contributed by atoms with Gasteiger partial charge in [0.2, 0.25) is 5.91 Å². The molecule has 0 spiro atoms. The lowest BCUT2D eigenvalue weighted by molar-refractivity contribution is -0.149. The molecule has 3 atom stereocenters. The van der Waals surface area contributed by atoms with Crippen LogP contribution in [0.25, 0.3) is 0 Å². The van der Waals surface area contributed by atoms with Gasteiger partial charge in [0.25, 0.3) is 0 Å². The fourth-order valence-corrected chi connectivity index (χ4v) is 2.64. The van der Waals surface area contributed by atoms with Crippen molar-refractivity contribution < 1.29 is 19.4 Å². The van der Waals surface area contributed by atoms with Crippen LogP contribution in [0, 0.1) is 17.3 Å². The molecule has 0 aromatic rings. The molecule has 0 aromatic heterocycles. The zero-order valence-corrected chi connectivity index (χ0v) is 13.1. The summed E-state index contributed by atoms with van der Waals surface area (Å²) in [6.07, 6.45) is 2.08. The Labute approximate surface area is 120 Å². The highest BCUT2D eigenvalue weighted by molar-refractivity contribution is 5.90. The van der Waals surface area contributed by atoms with E-state index in [0.29, 0.717) is 0 Å². The second-order valence-corrected chi connectivity index (χ2v) is 6.63. The summed E-state index contributed by atoms with van der Waals surface area (Å²) in [6.45, 7) is 9.44. The number of carboxylic acid groups (broad SMARTS) is 1. The molecule has 0 aromatic carbocycles. The highest BCUT2D eigenvalue weighted by atomic mass is 16.5. The molecule has 5 heteroatoms. The molecular formula is C15H25NO4. The Kier molecular flexibility index (Phi) is 4.64. The fraction of sp³-hybridized carbons (Fsp3) is 0.733. The van der Waals surface area contributed by atoms with Crippen LogP contribution in [0.1, 0.15) is 34.6 Å². The molecule has 1 aliphatic carbocycles. The van der Waals surface area contributed by atoms with Gasteiger partial charge >= 0.3 is 5.97 Å². The van der Waals surface area contributed by atoms with Crippen LogP contribution in [0.5, 0.6) is 0 Å². The number of carboxylic acids is 1. The number of ether oxygens (including phenoxy) is 1. The minimum absolute atomic E-state index is 0.0610. The lowest BCUT2D eigenvalue weighted by atomic mass is 10.0. The zero-order chi connectivity index (χ0) is 15.7. The number of allylic oxidation sites excluding steroid dienone is 2. The predicted molar refractivity (Wildman–Crippen MR) is 76.3 cm³/mol. The molecule has 0 heterocycles. The quantitative estimate of drug-likeness (QED) is 0.729. The van der Waals surface area contributed by atoms with E-state index < -0.39 is 11.5 Å². The molecule has 1 rings (SSSR count). The van der Waals surface area contributed by atoms with Crippen molar-refractivity contribution in [3.8, 4) is 0 Å². The molecule has 1 saturated carbocycles. The standard InChI is InChI=1S/C15H25NO4/c1-9(2)7-10-11(14(10,3)4)12(17)16-15(5,8-20-6)13(18)19/h7,10-11H,8H2,1-6H3,(H,16,17)(H,18,19)/t10-,11+,15-/m0/s1. The van der Waals surface area contributed by atoms with E-state index in [-0.39, 0.29) is 29.8 Å². The molecular weight excluding hydrogens is 258 g/mol. The van der Waals surface area contributed by atoms with Crippen molar-refractivity contribution in [1.82, 2.24) is 5.32 Å². The monoisotopic (exact) mass is 283 g/mol. The number of amides is 1. The highest BCUT2D eigenvalue weighted by Gasteiger charge is 2.61. The summed E-state index contributed by atoms with van der Waals surface area (Å²) in [7, 11) is 1.42. The first-order valence-electron chi connectivity index (χ1n) is 6.75. The van der Waals surface area contributed by atoms with Gasteiger partial charge in [-0.2, -0.15) is 0 Å². The lowest BCUT2D eigenvalue weighted by Gasteiger charge is -2.25. The number of hydrogen-bond acceptors (Lipinski definition) is 3. The SMILES string of the molecule is COC[C@](C)(NC(=O)[C@H]1[C@H](C=C(C)C)C1(C)C)C(=O)O. The van der Waals surface area contributed by atoms with E-state index in [1.165, 1.54) is 14.0 Å². The van der Waals surface area contributed by atoms with E-state index >= 15 is 0 Å². The van der Waals surface area contributed by atoms with E-state index in [1.54, 1.807) is 0 Å². The Morgan fingerprint density at radius 1 is 1.40 bits per heavy atom. The number of rotatable bonds is 6. The van der Waals surface area contributed by atoms with E-state index in [1.807, 2.05) is 27.7 Å². The molecule has 114 valence electrons. The topological polar surface area (TPSA) is 75.6 Å². The second-order valence-electron chi connectivity index (χ2n) is 6.63. The van der Waals surface area contributed by atoms with Crippen LogP contribution in [0.15, 0.2) is 11.6 Å². The molecule has 0 bridgehead atoms. The largest absolute Gasteiger partial charge is 0.479 e. The van der Waals surface area contributed by atoms with Gasteiger partial charge in [-0.05, 0) is 32.1 Å². The van der Waals surface area contributed by atoms with Crippen molar-refractivity contribution >= 4 is 11.9 Å². The molecule has 1 aliphatic rings. The minimum atomic E-state index is -1.39. The van der Waals surface area contributed by atoms with Crippen molar-refractivity contribution in [2.75, 3.05) is 13.7 Å². The van der Waals surface area contributed by atoms with Crippen molar-refractivity contribution in [2.45, 2.75) is 40.2 Å². The summed E-state index contributed by atoms with van der Waals surface area (Å²) < 4.78 is 4.91. The van der Waals surface area contributed by atoms with E-state index in [2.05, 4.69) is 11.4 Å². The Morgan fingerprint density at radius 3 is 2.35 bits per heavy atom. The van der Waals surface area contributed by atoms with Gasteiger partial charge in [-0.1, -0.05) is 25.5 Å². The van der Waals surface area contributed by atoms with Crippen molar-refractivity contribution in [3.05, 3.63) is 11.6 Å². The molecule has 20 heavy (non-hydrogen) atoms. The van der Waals surface area contributed by atoms with Crippen LogP contribution < -0.4 is 5.32 Å². The van der Waals surface area contributed by atoms with Crippen molar-refractivity contribution in [2.24, 2.45) is 17.3 Å². The van der Waals surface area contributed by atoms with E-state index in [0.717, 1.165) is 5.57 Å². The van der Waals surface area contributed by atoms with Crippen molar-refractivity contribution in [3.63, 3.8) is 0 Å². The molecule has 2 N–H and O–H groups in total. The van der Waals surface area contributed by atoms with Crippen molar-refractivity contribution in [1.29, 1.82) is 0 Å². The van der Waals surface area contributed by atoms with Gasteiger partial charge in [0, 0.05) is 7.11 Å². The molecule has 5 nitrogen and oxygen atoms in total. The molecule has 0 aliphatic heterocycles. The van der Waals surface area contributed by atoms with Crippen LogP contribution in [-0.4, -0.2) is 36.2 Å². The fourth-order valence-electron chi connectivity index (χ4n) is 2.64. The summed E-state index contributed by atoms with van der Waals surface area (Å²) in [5.41, 5.74) is -0.357. The number of nitrogens with one attached hydrogen (secondary N) is 1. The van der Waals surface area contributed by atoms with Gasteiger partial charge in [-0.25, -0.2) is 4.79 Å². The smallest absolute Gasteiger partial charge is 0.331 e. The molecule has 0 radical (unpaired) electrons. The van der Waals surface area contributed by atoms with Gasteiger partial charge in [-0.15, -0.1) is 0 Å². The minimum Gasteiger partial charge on any atom is -0.479 e. The van der Waals surface area contributed by atoms with Gasteiger partial charge < -0.3 is 15.2 Å². The number of hydrogen-bond donors (Lipinski definition) is 2. The second kappa shape index (κ2) is 5.56. The lowest BCUT2D eigenvalue weighted by Crippen LogP contribution is -2.56. The Morgan fingerprint density at radius 2 is 1.95 bits per heavy atom. The summed E-state index contributed by atoms with van der Waals surface area (Å²) in [6, 6.07) is 0. The summed E-state index contributed by atoms with van der Waals surface area (Å²) in [5.74, 6) is -1.34. The molecule has 0 unspecified atom stereocenters. The van der Waals surface area contributed by atoms with Crippen LogP contribution in [0.3, 0.4) is 0 Å². The van der Waals surface area contributed by atoms with Crippen LogP contribution in [0.4, 0.5) is 0 Å². The van der Waals surface area contributed by atoms with Crippen LogP contribution in [0.2, 0.25) is 0 Å². The van der Waals surface area contributed by atoms with E-state index in [9.17, 15) is 14.7 Å². The van der Waals surface area contributed by atoms with E-state index in [4.69, 9.17) is 4.74 Å². The van der Waals surface area contributed by atoms with Crippen LogP contribution in [-0.2, 0) is 14.3 Å². The Balaban J connectivity index is 2.82. The molecule has 1 amide bonds. The molecule has 0 saturated heterocycles. The average molecular weight is 283 g/mol. The third-order valence-electron chi connectivity index (χ3n) is 4.01. The number of aliphatic carboxylic acids is 1. The van der Waals surface area contributed by atoms with Gasteiger partial charge in [0.05, 0.1) is 12.5 Å². The summed E-state index contributed by atoms with van der Waals surface area (Å²) >= 11 is 0. The maximum atomic E-state index is 12.3. The highest BCUT2D eigenvalue weighted by Crippen LogP contribution is 2.59. The Hall–Kier alpha value is -1.36. The first kappa shape index (κ1) is 16.7. The average Bonchev–Trinajstić information content (AvgIpc) is 2.79. The van der Waals surface area contributed by atoms with Gasteiger partial charge in [-0.3, -0.25) is 4.79 Å². The summed E-state index contributed by atoms with van der Waals surface area (Å²) in [4.78, 5) is 23.7. The maximum Gasteiger partial charge on any atom is 0.331 e. The summed E-state index contributed by atoms with van der Waals surface area (Å²) in [5, 5.41) is 11.9. The maximum absolute atomic E-state index is 12.3. The third-order valence-corrected chi connectivity index (χ3v) is 4.01. The van der Waals surface area contributed by atoms with Gasteiger partial charge in [0.15, 0.2) is 5.54 Å². The normalized spacial score (nSPS) is 26.3. The number of methoxy groups -OCH3 is 1.